The number of hydrogen-bond acceptors (Lipinski definition) is 1. The molecule has 0 spiro atoms. The number of benzene rings is 4. The Hall–Kier alpha value is -3.45. The smallest absolute Gasteiger partial charge is 0.163 e. The van der Waals surface area contributed by atoms with E-state index in [1.807, 2.05) is 66.7 Å². The fourth-order valence-corrected chi connectivity index (χ4v) is 3.47. The van der Waals surface area contributed by atoms with Gasteiger partial charge in [-0.2, -0.15) is 0 Å². The fraction of sp³-hybridized carbons (Fsp3) is 0.0741. The van der Waals surface area contributed by atoms with Gasteiger partial charge in [0.25, 0.3) is 0 Å². The lowest BCUT2D eigenvalue weighted by Crippen LogP contribution is -2.06. The highest BCUT2D eigenvalue weighted by molar-refractivity contribution is 6.00. The number of hydrogen-bond donors (Lipinski definition) is 0. The largest absolute Gasteiger partial charge is 0.294 e. The lowest BCUT2D eigenvalue weighted by Gasteiger charge is -2.13. The molecule has 0 saturated carbocycles. The van der Waals surface area contributed by atoms with Crippen LogP contribution in [0.3, 0.4) is 0 Å². The van der Waals surface area contributed by atoms with Crippen LogP contribution in [0.2, 0.25) is 0 Å². The average Bonchev–Trinajstić information content (AvgIpc) is 2.77. The normalized spacial score (nSPS) is 12.3. The number of carbonyl (C=O) groups excluding carboxylic acids is 1. The van der Waals surface area contributed by atoms with Crippen molar-refractivity contribution in [1.29, 1.82) is 0 Å². The molecule has 1 nitrogen and oxygen atoms in total. The molecule has 1 heteroatoms. The van der Waals surface area contributed by atoms with E-state index in [1.54, 1.807) is 0 Å². The van der Waals surface area contributed by atoms with Crippen molar-refractivity contribution >= 4 is 22.6 Å². The first-order valence-corrected chi connectivity index (χ1v) is 9.60. The van der Waals surface area contributed by atoms with Crippen molar-refractivity contribution in [2.24, 2.45) is 0 Å². The van der Waals surface area contributed by atoms with Crippen LogP contribution in [0.25, 0.3) is 16.8 Å². The Bertz CT molecular complexity index is 1090. The first-order valence-electron chi connectivity index (χ1n) is 9.60. The summed E-state index contributed by atoms with van der Waals surface area (Å²) in [7, 11) is 0. The van der Waals surface area contributed by atoms with Gasteiger partial charge in [0.05, 0.1) is 0 Å². The van der Waals surface area contributed by atoms with E-state index in [0.717, 1.165) is 27.5 Å². The van der Waals surface area contributed by atoms with Crippen molar-refractivity contribution in [2.45, 2.75) is 12.3 Å². The minimum atomic E-state index is 0.0420. The second-order valence-corrected chi connectivity index (χ2v) is 6.98. The van der Waals surface area contributed by atoms with Crippen molar-refractivity contribution in [1.82, 2.24) is 0 Å². The van der Waals surface area contributed by atoms with Gasteiger partial charge in [0, 0.05) is 17.9 Å². The van der Waals surface area contributed by atoms with Crippen molar-refractivity contribution in [3.63, 3.8) is 0 Å². The Morgan fingerprint density at radius 3 is 2.11 bits per heavy atom. The van der Waals surface area contributed by atoms with Crippen LogP contribution in [-0.2, 0) is 0 Å². The summed E-state index contributed by atoms with van der Waals surface area (Å²) in [4.78, 5) is 13.0. The molecule has 4 aromatic rings. The summed E-state index contributed by atoms with van der Waals surface area (Å²) in [5.74, 6) is 0.206. The van der Waals surface area contributed by atoms with Crippen molar-refractivity contribution in [3.05, 3.63) is 126 Å². The molecule has 0 N–H and O–H groups in total. The summed E-state index contributed by atoms with van der Waals surface area (Å²) in [5, 5.41) is 2.26. The predicted molar refractivity (Wildman–Crippen MR) is 118 cm³/mol. The minimum absolute atomic E-state index is 0.0420. The Balaban J connectivity index is 1.60. The highest BCUT2D eigenvalue weighted by Gasteiger charge is 2.15. The molecule has 28 heavy (non-hydrogen) atoms. The molecule has 136 valence electrons. The average molecular weight is 362 g/mol. The molecular weight excluding hydrogens is 340 g/mol. The summed E-state index contributed by atoms with van der Waals surface area (Å²) in [6, 6.07) is 34.6. The van der Waals surface area contributed by atoms with Crippen molar-refractivity contribution in [2.75, 3.05) is 0 Å². The van der Waals surface area contributed by atoms with Gasteiger partial charge in [0.2, 0.25) is 0 Å². The lowest BCUT2D eigenvalue weighted by atomic mass is 9.90. The zero-order chi connectivity index (χ0) is 19.2. The SMILES string of the molecule is O=C(CC(/C=C/c1ccccc1)c1ccccc1)c1ccc2ccccc2c1. The first kappa shape index (κ1) is 17.9. The van der Waals surface area contributed by atoms with Gasteiger partial charge >= 0.3 is 0 Å². The van der Waals surface area contributed by atoms with Crippen LogP contribution < -0.4 is 0 Å². The van der Waals surface area contributed by atoms with Crippen LogP contribution in [0.5, 0.6) is 0 Å². The molecule has 0 heterocycles. The molecule has 0 bridgehead atoms. The molecule has 0 fully saturated rings. The Labute approximate surface area is 166 Å². The number of Topliss-reactive ketones (excluding diaryl/α,β-unsaturated/α-hetero) is 1. The molecule has 4 rings (SSSR count). The maximum atomic E-state index is 13.0. The molecule has 1 unspecified atom stereocenters. The molecule has 0 aliphatic rings. The topological polar surface area (TPSA) is 17.1 Å². The zero-order valence-electron chi connectivity index (χ0n) is 15.7. The summed E-state index contributed by atoms with van der Waals surface area (Å²) >= 11 is 0. The first-order chi connectivity index (χ1) is 13.8. The zero-order valence-corrected chi connectivity index (χ0v) is 15.7. The molecule has 0 radical (unpaired) electrons. The number of rotatable bonds is 6. The summed E-state index contributed by atoms with van der Waals surface area (Å²) in [6.07, 6.45) is 4.70. The fourth-order valence-electron chi connectivity index (χ4n) is 3.47. The monoisotopic (exact) mass is 362 g/mol. The quantitative estimate of drug-likeness (QED) is 0.341. The van der Waals surface area contributed by atoms with E-state index in [1.165, 1.54) is 0 Å². The third-order valence-electron chi connectivity index (χ3n) is 5.03. The second-order valence-electron chi connectivity index (χ2n) is 6.98. The van der Waals surface area contributed by atoms with Gasteiger partial charge in [-0.1, -0.05) is 109 Å². The number of allylic oxidation sites excluding steroid dienone is 1. The van der Waals surface area contributed by atoms with Gasteiger partial charge in [-0.15, -0.1) is 0 Å². The summed E-state index contributed by atoms with van der Waals surface area (Å²) in [5.41, 5.74) is 3.07. The Morgan fingerprint density at radius 2 is 1.36 bits per heavy atom. The molecule has 4 aromatic carbocycles. The van der Waals surface area contributed by atoms with Crippen LogP contribution >= 0.6 is 0 Å². The van der Waals surface area contributed by atoms with Gasteiger partial charge in [-0.3, -0.25) is 4.79 Å². The molecule has 0 amide bonds. The van der Waals surface area contributed by atoms with Gasteiger partial charge in [0.15, 0.2) is 5.78 Å². The Kier molecular flexibility index (Phi) is 5.44. The summed E-state index contributed by atoms with van der Waals surface area (Å²) in [6.45, 7) is 0. The standard InChI is InChI=1S/C27H22O/c28-27(26-18-17-23-13-7-8-14-24(23)19-26)20-25(22-11-5-2-6-12-22)16-15-21-9-3-1-4-10-21/h1-19,25H,20H2/b16-15+. The third-order valence-corrected chi connectivity index (χ3v) is 5.03. The van der Waals surface area contributed by atoms with E-state index >= 15 is 0 Å². The second kappa shape index (κ2) is 8.49. The van der Waals surface area contributed by atoms with E-state index in [2.05, 4.69) is 48.6 Å². The van der Waals surface area contributed by atoms with Crippen LogP contribution in [0.15, 0.2) is 109 Å². The maximum Gasteiger partial charge on any atom is 0.163 e. The molecule has 0 aliphatic carbocycles. The van der Waals surface area contributed by atoms with E-state index in [4.69, 9.17) is 0 Å². The van der Waals surface area contributed by atoms with Gasteiger partial charge in [0.1, 0.15) is 0 Å². The van der Waals surface area contributed by atoms with Crippen LogP contribution in [0.1, 0.15) is 33.8 Å². The number of carbonyl (C=O) groups is 1. The maximum absolute atomic E-state index is 13.0. The highest BCUT2D eigenvalue weighted by Crippen LogP contribution is 2.25. The van der Waals surface area contributed by atoms with E-state index < -0.39 is 0 Å². The highest BCUT2D eigenvalue weighted by atomic mass is 16.1. The summed E-state index contributed by atoms with van der Waals surface area (Å²) < 4.78 is 0. The van der Waals surface area contributed by atoms with E-state index in [9.17, 15) is 4.79 Å². The molecule has 0 saturated heterocycles. The van der Waals surface area contributed by atoms with Crippen LogP contribution in [0.4, 0.5) is 0 Å². The van der Waals surface area contributed by atoms with E-state index in [0.29, 0.717) is 6.42 Å². The van der Waals surface area contributed by atoms with Crippen LogP contribution in [0, 0.1) is 0 Å². The van der Waals surface area contributed by atoms with Gasteiger partial charge in [-0.05, 0) is 28.0 Å². The Morgan fingerprint density at radius 1 is 0.714 bits per heavy atom. The minimum Gasteiger partial charge on any atom is -0.294 e. The van der Waals surface area contributed by atoms with E-state index in [-0.39, 0.29) is 11.7 Å². The van der Waals surface area contributed by atoms with Gasteiger partial charge in [-0.25, -0.2) is 0 Å². The molecular formula is C27H22O. The van der Waals surface area contributed by atoms with Gasteiger partial charge < -0.3 is 0 Å². The van der Waals surface area contributed by atoms with Crippen molar-refractivity contribution < 1.29 is 4.79 Å². The molecule has 0 aromatic heterocycles. The van der Waals surface area contributed by atoms with Crippen molar-refractivity contribution in [3.8, 4) is 0 Å². The predicted octanol–water partition coefficient (Wildman–Crippen LogP) is 6.91. The lowest BCUT2D eigenvalue weighted by molar-refractivity contribution is 0.0978. The molecule has 1 atom stereocenters. The number of fused-ring (bicyclic) bond motifs is 1. The van der Waals surface area contributed by atoms with Crippen LogP contribution in [-0.4, -0.2) is 5.78 Å². The third kappa shape index (κ3) is 4.27. The molecule has 0 aliphatic heterocycles. The number of ketones is 1.